The lowest BCUT2D eigenvalue weighted by Gasteiger charge is -2.28. The van der Waals surface area contributed by atoms with Crippen molar-refractivity contribution >= 4 is 44.7 Å². The minimum absolute atomic E-state index is 0.108. The average Bonchev–Trinajstić information content (AvgIpc) is 3.27. The monoisotopic (exact) mass is 461 g/mol. The lowest BCUT2D eigenvalue weighted by Crippen LogP contribution is -2.29. The highest BCUT2D eigenvalue weighted by Gasteiger charge is 2.47. The van der Waals surface area contributed by atoms with Gasteiger partial charge in [-0.1, -0.05) is 0 Å². The summed E-state index contributed by atoms with van der Waals surface area (Å²) in [5.74, 6) is 3.91. The highest BCUT2D eigenvalue weighted by atomic mass is 32.1. The van der Waals surface area contributed by atoms with E-state index >= 15 is 0 Å². The molecule has 3 aliphatic rings. The van der Waals surface area contributed by atoms with E-state index in [1.807, 2.05) is 32.6 Å². The molecule has 0 radical (unpaired) electrons. The van der Waals surface area contributed by atoms with Gasteiger partial charge in [0.25, 0.3) is 5.91 Å². The molecule has 2 saturated carbocycles. The number of anilines is 3. The van der Waals surface area contributed by atoms with E-state index in [2.05, 4.69) is 32.3 Å². The smallest absolute Gasteiger partial charge is 0.263 e. The Labute approximate surface area is 199 Å². The summed E-state index contributed by atoms with van der Waals surface area (Å²) in [6, 6.07) is 6.31. The van der Waals surface area contributed by atoms with Gasteiger partial charge in [-0.15, -0.1) is 11.3 Å². The average molecular weight is 462 g/mol. The van der Waals surface area contributed by atoms with Gasteiger partial charge in [0.2, 0.25) is 0 Å². The molecule has 3 aromatic heterocycles. The molecule has 2 unspecified atom stereocenters. The molecule has 172 valence electrons. The standard InChI is InChI=1S/C26H31N5OS/c1-30(2)26(32)25-24(18-11-16-10-17(16)12-18)20-13-23(28-15-21(20)33-25)29-22-7-6-19(14-27-22)31-8-4-3-5-9-31/h6-7,13-18H,3-5,8-12H2,1-2H3,(H,27,28,29). The van der Waals surface area contributed by atoms with E-state index in [0.717, 1.165) is 46.1 Å². The lowest BCUT2D eigenvalue weighted by molar-refractivity contribution is 0.0831. The maximum absolute atomic E-state index is 13.0. The van der Waals surface area contributed by atoms with Crippen molar-refractivity contribution in [2.24, 2.45) is 11.8 Å². The van der Waals surface area contributed by atoms with E-state index in [0.29, 0.717) is 5.92 Å². The van der Waals surface area contributed by atoms with Crippen LogP contribution in [0.15, 0.2) is 30.6 Å². The number of aromatic nitrogens is 2. The van der Waals surface area contributed by atoms with Crippen molar-refractivity contribution in [2.45, 2.75) is 44.4 Å². The molecule has 1 aliphatic heterocycles. The SMILES string of the molecule is CN(C)C(=O)c1sc2cnc(Nc3ccc(N4CCCCC4)cn3)cc2c1C1CC2CC2C1. The molecule has 6 rings (SSSR count). The van der Waals surface area contributed by atoms with Crippen LogP contribution in [-0.4, -0.2) is 48.0 Å². The quantitative estimate of drug-likeness (QED) is 0.533. The van der Waals surface area contributed by atoms with E-state index in [4.69, 9.17) is 0 Å². The summed E-state index contributed by atoms with van der Waals surface area (Å²) >= 11 is 1.59. The Hall–Kier alpha value is -2.67. The van der Waals surface area contributed by atoms with Crippen LogP contribution in [0.5, 0.6) is 0 Å². The first-order valence-electron chi connectivity index (χ1n) is 12.2. The number of carbonyl (C=O) groups is 1. The zero-order chi connectivity index (χ0) is 22.5. The predicted molar refractivity (Wildman–Crippen MR) is 135 cm³/mol. The van der Waals surface area contributed by atoms with Gasteiger partial charge in [-0.05, 0) is 80.0 Å². The summed E-state index contributed by atoms with van der Waals surface area (Å²) in [6.07, 6.45) is 11.5. The minimum atomic E-state index is 0.108. The first-order valence-corrected chi connectivity index (χ1v) is 13.0. The van der Waals surface area contributed by atoms with Crippen molar-refractivity contribution in [3.63, 3.8) is 0 Å². The number of carbonyl (C=O) groups excluding carboxylic acids is 1. The highest BCUT2D eigenvalue weighted by molar-refractivity contribution is 7.21. The van der Waals surface area contributed by atoms with Crippen LogP contribution < -0.4 is 10.2 Å². The van der Waals surface area contributed by atoms with Crippen LogP contribution in [0.4, 0.5) is 17.3 Å². The number of pyridine rings is 2. The molecule has 0 spiro atoms. The van der Waals surface area contributed by atoms with Gasteiger partial charge in [0.1, 0.15) is 11.6 Å². The summed E-state index contributed by atoms with van der Waals surface area (Å²) < 4.78 is 1.09. The lowest BCUT2D eigenvalue weighted by atomic mass is 9.91. The largest absolute Gasteiger partial charge is 0.370 e. The Morgan fingerprint density at radius 3 is 2.48 bits per heavy atom. The molecule has 4 heterocycles. The van der Waals surface area contributed by atoms with Gasteiger partial charge in [-0.25, -0.2) is 9.97 Å². The third-order valence-corrected chi connectivity index (χ3v) is 8.74. The number of hydrogen-bond donors (Lipinski definition) is 1. The molecule has 1 amide bonds. The number of nitrogens with zero attached hydrogens (tertiary/aromatic N) is 4. The van der Waals surface area contributed by atoms with Crippen molar-refractivity contribution in [1.29, 1.82) is 0 Å². The van der Waals surface area contributed by atoms with Crippen LogP contribution in [0.25, 0.3) is 10.1 Å². The van der Waals surface area contributed by atoms with E-state index < -0.39 is 0 Å². The topological polar surface area (TPSA) is 61.4 Å². The zero-order valence-corrected chi connectivity index (χ0v) is 20.2. The Bertz CT molecular complexity index is 1170. The Kier molecular flexibility index (Phi) is 5.24. The van der Waals surface area contributed by atoms with Gasteiger partial charge >= 0.3 is 0 Å². The molecule has 0 aromatic carbocycles. The van der Waals surface area contributed by atoms with E-state index in [1.54, 1.807) is 16.2 Å². The molecule has 3 fully saturated rings. The molecular weight excluding hydrogens is 430 g/mol. The maximum Gasteiger partial charge on any atom is 0.263 e. The fourth-order valence-electron chi connectivity index (χ4n) is 5.74. The third kappa shape index (κ3) is 3.97. The Morgan fingerprint density at radius 2 is 1.79 bits per heavy atom. The molecule has 6 nitrogen and oxygen atoms in total. The van der Waals surface area contributed by atoms with Crippen LogP contribution >= 0.6 is 11.3 Å². The van der Waals surface area contributed by atoms with Crippen molar-refractivity contribution in [2.75, 3.05) is 37.4 Å². The second-order valence-electron chi connectivity index (χ2n) is 10.1. The molecule has 2 atom stereocenters. The molecule has 33 heavy (non-hydrogen) atoms. The predicted octanol–water partition coefficient (Wildman–Crippen LogP) is 5.64. The zero-order valence-electron chi connectivity index (χ0n) is 19.4. The van der Waals surface area contributed by atoms with Crippen molar-refractivity contribution in [3.8, 4) is 0 Å². The van der Waals surface area contributed by atoms with E-state index in [-0.39, 0.29) is 5.91 Å². The molecule has 1 N–H and O–H groups in total. The van der Waals surface area contributed by atoms with Gasteiger partial charge in [-0.2, -0.15) is 0 Å². The summed E-state index contributed by atoms with van der Waals surface area (Å²) in [5, 5.41) is 4.57. The number of nitrogens with one attached hydrogen (secondary N) is 1. The van der Waals surface area contributed by atoms with Crippen molar-refractivity contribution < 1.29 is 4.79 Å². The number of rotatable bonds is 5. The minimum Gasteiger partial charge on any atom is -0.370 e. The third-order valence-electron chi connectivity index (χ3n) is 7.59. The number of hydrogen-bond acceptors (Lipinski definition) is 6. The second-order valence-corrected chi connectivity index (χ2v) is 11.2. The number of thiophene rings is 1. The van der Waals surface area contributed by atoms with Crippen LogP contribution in [0.2, 0.25) is 0 Å². The molecule has 2 aliphatic carbocycles. The molecule has 0 bridgehead atoms. The van der Waals surface area contributed by atoms with Crippen LogP contribution in [0, 0.1) is 11.8 Å². The van der Waals surface area contributed by atoms with Crippen LogP contribution in [0.1, 0.15) is 59.7 Å². The Morgan fingerprint density at radius 1 is 1.03 bits per heavy atom. The molecule has 1 saturated heterocycles. The summed E-state index contributed by atoms with van der Waals surface area (Å²) in [7, 11) is 3.68. The first-order chi connectivity index (χ1) is 16.1. The summed E-state index contributed by atoms with van der Waals surface area (Å²) in [5.41, 5.74) is 2.44. The summed E-state index contributed by atoms with van der Waals surface area (Å²) in [6.45, 7) is 2.23. The number of piperidine rings is 1. The van der Waals surface area contributed by atoms with Gasteiger partial charge < -0.3 is 15.1 Å². The van der Waals surface area contributed by atoms with Gasteiger partial charge in [0.05, 0.1) is 21.5 Å². The fourth-order valence-corrected chi connectivity index (χ4v) is 7.00. The number of amides is 1. The number of fused-ring (bicyclic) bond motifs is 2. The summed E-state index contributed by atoms with van der Waals surface area (Å²) in [4.78, 5) is 27.3. The van der Waals surface area contributed by atoms with Crippen LogP contribution in [-0.2, 0) is 0 Å². The molecule has 3 aromatic rings. The normalized spacial score (nSPS) is 24.1. The van der Waals surface area contributed by atoms with Gasteiger partial charge in [0, 0.05) is 38.8 Å². The van der Waals surface area contributed by atoms with Crippen molar-refractivity contribution in [1.82, 2.24) is 14.9 Å². The highest BCUT2D eigenvalue weighted by Crippen LogP contribution is 2.59. The van der Waals surface area contributed by atoms with E-state index in [1.165, 1.54) is 55.2 Å². The van der Waals surface area contributed by atoms with Gasteiger partial charge in [-0.3, -0.25) is 4.79 Å². The Balaban J connectivity index is 1.29. The van der Waals surface area contributed by atoms with Crippen LogP contribution in [0.3, 0.4) is 0 Å². The molecule has 7 heteroatoms. The maximum atomic E-state index is 13.0. The van der Waals surface area contributed by atoms with E-state index in [9.17, 15) is 4.79 Å². The fraction of sp³-hybridized carbons (Fsp3) is 0.500. The van der Waals surface area contributed by atoms with Gasteiger partial charge in [0.15, 0.2) is 0 Å². The first kappa shape index (κ1) is 20.9. The molecular formula is C26H31N5OS. The second kappa shape index (κ2) is 8.28. The van der Waals surface area contributed by atoms with Crippen molar-refractivity contribution in [3.05, 3.63) is 41.0 Å².